The number of amides is 1. The average molecular weight is 243 g/mol. The molecule has 0 bridgehead atoms. The van der Waals surface area contributed by atoms with Crippen molar-refractivity contribution in [3.63, 3.8) is 0 Å². The zero-order chi connectivity index (χ0) is 13.3. The minimum atomic E-state index is -0.658. The smallest absolute Gasteiger partial charge is 0.331 e. The molecule has 0 aliphatic carbocycles. The van der Waals surface area contributed by atoms with E-state index in [1.165, 1.54) is 7.11 Å². The molecule has 6 heteroatoms. The number of hydrogen-bond donors (Lipinski definition) is 1. The summed E-state index contributed by atoms with van der Waals surface area (Å²) in [4.78, 5) is 32.8. The second kappa shape index (κ2) is 8.32. The Balaban J connectivity index is 3.69. The minimum Gasteiger partial charge on any atom is -0.466 e. The number of esters is 2. The van der Waals surface area contributed by atoms with Gasteiger partial charge in [0.1, 0.15) is 6.61 Å². The summed E-state index contributed by atoms with van der Waals surface area (Å²) in [6.45, 7) is 3.83. The molecule has 0 aromatic heterocycles. The van der Waals surface area contributed by atoms with Crippen LogP contribution in [0.15, 0.2) is 12.2 Å². The van der Waals surface area contributed by atoms with Crippen LogP contribution in [0.1, 0.15) is 13.8 Å². The quantitative estimate of drug-likeness (QED) is 0.404. The Morgan fingerprint density at radius 2 is 1.76 bits per heavy atom. The summed E-state index contributed by atoms with van der Waals surface area (Å²) in [7, 11) is 1.21. The van der Waals surface area contributed by atoms with Crippen molar-refractivity contribution in [3.8, 4) is 0 Å². The van der Waals surface area contributed by atoms with Gasteiger partial charge < -0.3 is 14.8 Å². The van der Waals surface area contributed by atoms with E-state index in [4.69, 9.17) is 4.74 Å². The molecule has 0 spiro atoms. The van der Waals surface area contributed by atoms with Crippen molar-refractivity contribution in [1.82, 2.24) is 5.32 Å². The zero-order valence-corrected chi connectivity index (χ0v) is 10.2. The lowest BCUT2D eigenvalue weighted by Crippen LogP contribution is -2.31. The normalized spacial score (nSPS) is 10.4. The largest absolute Gasteiger partial charge is 0.466 e. The van der Waals surface area contributed by atoms with E-state index in [1.807, 2.05) is 0 Å². The number of rotatable bonds is 6. The van der Waals surface area contributed by atoms with Crippen molar-refractivity contribution in [3.05, 3.63) is 12.2 Å². The summed E-state index contributed by atoms with van der Waals surface area (Å²) in [5, 5.41) is 2.58. The van der Waals surface area contributed by atoms with Crippen molar-refractivity contribution in [2.24, 2.45) is 5.92 Å². The minimum absolute atomic E-state index is 0.0583. The molecule has 0 unspecified atom stereocenters. The molecule has 0 atom stereocenters. The highest BCUT2D eigenvalue weighted by Crippen LogP contribution is 1.90. The maximum atomic E-state index is 11.1. The van der Waals surface area contributed by atoms with Crippen molar-refractivity contribution >= 4 is 17.8 Å². The van der Waals surface area contributed by atoms with E-state index in [0.29, 0.717) is 0 Å². The van der Waals surface area contributed by atoms with Crippen molar-refractivity contribution in [1.29, 1.82) is 0 Å². The van der Waals surface area contributed by atoms with Gasteiger partial charge in [-0.1, -0.05) is 13.8 Å². The van der Waals surface area contributed by atoms with Crippen LogP contribution in [-0.4, -0.2) is 38.1 Å². The SMILES string of the molecule is COC(=O)/C=C/C(=O)OCCNC(=O)C(C)C. The van der Waals surface area contributed by atoms with Crippen LogP contribution in [0.2, 0.25) is 0 Å². The standard InChI is InChI=1S/C11H17NO5/c1-8(2)11(15)12-6-7-17-10(14)5-4-9(13)16-3/h4-5,8H,6-7H2,1-3H3,(H,12,15)/b5-4+. The lowest BCUT2D eigenvalue weighted by Gasteiger charge is -2.07. The topological polar surface area (TPSA) is 81.7 Å². The summed E-state index contributed by atoms with van der Waals surface area (Å²) < 4.78 is 9.01. The lowest BCUT2D eigenvalue weighted by molar-refractivity contribution is -0.139. The molecule has 6 nitrogen and oxygen atoms in total. The first-order chi connectivity index (χ1) is 7.97. The molecule has 1 amide bonds. The van der Waals surface area contributed by atoms with Crippen LogP contribution in [-0.2, 0) is 23.9 Å². The second-order valence-corrected chi connectivity index (χ2v) is 3.47. The Bertz CT molecular complexity index is 309. The molecule has 0 fully saturated rings. The molecular formula is C11H17NO5. The predicted octanol–water partition coefficient (Wildman–Crippen LogP) is 0.0310. The highest BCUT2D eigenvalue weighted by atomic mass is 16.5. The van der Waals surface area contributed by atoms with Crippen LogP contribution >= 0.6 is 0 Å². The predicted molar refractivity (Wildman–Crippen MR) is 60.0 cm³/mol. The number of methoxy groups -OCH3 is 1. The Kier molecular flexibility index (Phi) is 7.41. The molecule has 0 aromatic rings. The molecule has 0 radical (unpaired) electrons. The fourth-order valence-corrected chi connectivity index (χ4v) is 0.782. The monoisotopic (exact) mass is 243 g/mol. The van der Waals surface area contributed by atoms with Gasteiger partial charge >= 0.3 is 11.9 Å². The van der Waals surface area contributed by atoms with Crippen molar-refractivity contribution in [2.45, 2.75) is 13.8 Å². The molecule has 1 N–H and O–H groups in total. The molecule has 0 rings (SSSR count). The van der Waals surface area contributed by atoms with Crippen LogP contribution < -0.4 is 5.32 Å². The molecule has 0 aromatic carbocycles. The second-order valence-electron chi connectivity index (χ2n) is 3.47. The lowest BCUT2D eigenvalue weighted by atomic mass is 10.2. The van der Waals surface area contributed by atoms with Gasteiger partial charge in [0.05, 0.1) is 13.7 Å². The number of hydrogen-bond acceptors (Lipinski definition) is 5. The van der Waals surface area contributed by atoms with E-state index in [1.54, 1.807) is 13.8 Å². The molecule has 0 aliphatic rings. The van der Waals surface area contributed by atoms with E-state index in [0.717, 1.165) is 12.2 Å². The maximum Gasteiger partial charge on any atom is 0.331 e. The number of carbonyl (C=O) groups excluding carboxylic acids is 3. The van der Waals surface area contributed by atoms with Crippen molar-refractivity contribution < 1.29 is 23.9 Å². The van der Waals surface area contributed by atoms with E-state index >= 15 is 0 Å². The number of ether oxygens (including phenoxy) is 2. The summed E-state index contributed by atoms with van der Waals surface area (Å²) in [6, 6.07) is 0. The van der Waals surface area contributed by atoms with Gasteiger partial charge in [-0.05, 0) is 0 Å². The third-order valence-electron chi connectivity index (χ3n) is 1.73. The fourth-order valence-electron chi connectivity index (χ4n) is 0.782. The molecule has 0 saturated heterocycles. The van der Waals surface area contributed by atoms with Crippen LogP contribution in [0.5, 0.6) is 0 Å². The Hall–Kier alpha value is -1.85. The maximum absolute atomic E-state index is 11.1. The Labute approximate surface area is 100.0 Å². The van der Waals surface area contributed by atoms with Crippen LogP contribution in [0.25, 0.3) is 0 Å². The first-order valence-corrected chi connectivity index (χ1v) is 5.18. The molecule has 0 saturated carbocycles. The zero-order valence-electron chi connectivity index (χ0n) is 10.2. The van der Waals surface area contributed by atoms with Crippen LogP contribution in [0.4, 0.5) is 0 Å². The van der Waals surface area contributed by atoms with Gasteiger partial charge in [0.2, 0.25) is 5.91 Å². The van der Waals surface area contributed by atoms with Gasteiger partial charge in [-0.2, -0.15) is 0 Å². The molecule has 0 heterocycles. The molecule has 17 heavy (non-hydrogen) atoms. The molecular weight excluding hydrogens is 226 g/mol. The van der Waals surface area contributed by atoms with Gasteiger partial charge in [-0.25, -0.2) is 9.59 Å². The summed E-state index contributed by atoms with van der Waals surface area (Å²) in [6.07, 6.45) is 1.94. The van der Waals surface area contributed by atoms with Crippen molar-refractivity contribution in [2.75, 3.05) is 20.3 Å². The number of nitrogens with one attached hydrogen (secondary N) is 1. The third-order valence-corrected chi connectivity index (χ3v) is 1.73. The van der Waals surface area contributed by atoms with Gasteiger partial charge in [0, 0.05) is 18.1 Å². The molecule has 0 aliphatic heterocycles. The fraction of sp³-hybridized carbons (Fsp3) is 0.545. The average Bonchev–Trinajstić information content (AvgIpc) is 2.30. The summed E-state index contributed by atoms with van der Waals surface area (Å²) >= 11 is 0. The summed E-state index contributed by atoms with van der Waals surface area (Å²) in [5.41, 5.74) is 0. The van der Waals surface area contributed by atoms with Crippen LogP contribution in [0.3, 0.4) is 0 Å². The van der Waals surface area contributed by atoms with E-state index in [9.17, 15) is 14.4 Å². The third kappa shape index (κ3) is 8.01. The first kappa shape index (κ1) is 15.2. The molecule has 96 valence electrons. The van der Waals surface area contributed by atoms with E-state index < -0.39 is 11.9 Å². The Morgan fingerprint density at radius 3 is 2.29 bits per heavy atom. The first-order valence-electron chi connectivity index (χ1n) is 5.18. The highest BCUT2D eigenvalue weighted by Gasteiger charge is 2.05. The van der Waals surface area contributed by atoms with Crippen LogP contribution in [0, 0.1) is 5.92 Å². The van der Waals surface area contributed by atoms with E-state index in [2.05, 4.69) is 10.1 Å². The van der Waals surface area contributed by atoms with Gasteiger partial charge in [0.15, 0.2) is 0 Å². The Morgan fingerprint density at radius 1 is 1.18 bits per heavy atom. The van der Waals surface area contributed by atoms with Gasteiger partial charge in [-0.15, -0.1) is 0 Å². The summed E-state index contributed by atoms with van der Waals surface area (Å²) in [5.74, 6) is -1.50. The van der Waals surface area contributed by atoms with Gasteiger partial charge in [-0.3, -0.25) is 4.79 Å². The van der Waals surface area contributed by atoms with E-state index in [-0.39, 0.29) is 25.0 Å². The highest BCUT2D eigenvalue weighted by molar-refractivity contribution is 5.91. The number of carbonyl (C=O) groups is 3. The van der Waals surface area contributed by atoms with Gasteiger partial charge in [0.25, 0.3) is 0 Å².